The summed E-state index contributed by atoms with van der Waals surface area (Å²) in [5.41, 5.74) is 2.10. The van der Waals surface area contributed by atoms with Crippen LogP contribution in [0.3, 0.4) is 0 Å². The van der Waals surface area contributed by atoms with Gasteiger partial charge in [0, 0.05) is 0 Å². The largest absolute Gasteiger partial charge is 0.507 e. The van der Waals surface area contributed by atoms with Crippen LogP contribution in [-0.4, -0.2) is 5.11 Å². The predicted molar refractivity (Wildman–Crippen MR) is 79.3 cm³/mol. The summed E-state index contributed by atoms with van der Waals surface area (Å²) < 4.78 is 0. The minimum Gasteiger partial charge on any atom is -0.507 e. The lowest BCUT2D eigenvalue weighted by atomic mass is 9.92. The molecule has 18 heavy (non-hydrogen) atoms. The number of aromatic hydroxyl groups is 1. The molecule has 0 aromatic heterocycles. The molecule has 0 aliphatic heterocycles. The SMILES string of the molecule is CCCCCCCCC(C)c1cccc(C)c1O. The lowest BCUT2D eigenvalue weighted by Crippen LogP contribution is -1.95. The first-order valence-electron chi connectivity index (χ1n) is 7.45. The third-order valence-electron chi connectivity index (χ3n) is 3.79. The molecule has 0 fully saturated rings. The Balaban J connectivity index is 2.32. The molecule has 0 saturated heterocycles. The Kier molecular flexibility index (Phi) is 6.85. The summed E-state index contributed by atoms with van der Waals surface area (Å²) >= 11 is 0. The third-order valence-corrected chi connectivity index (χ3v) is 3.79. The molecule has 1 aromatic rings. The molecule has 1 atom stereocenters. The summed E-state index contributed by atoms with van der Waals surface area (Å²) in [5, 5.41) is 10.0. The molecule has 1 nitrogen and oxygen atoms in total. The summed E-state index contributed by atoms with van der Waals surface area (Å²) in [6.45, 7) is 6.44. The van der Waals surface area contributed by atoms with Crippen molar-refractivity contribution in [3.63, 3.8) is 0 Å². The molecule has 0 saturated carbocycles. The highest BCUT2D eigenvalue weighted by Crippen LogP contribution is 2.31. The van der Waals surface area contributed by atoms with Crippen LogP contribution in [0.25, 0.3) is 0 Å². The number of aryl methyl sites for hydroxylation is 1. The molecule has 0 radical (unpaired) electrons. The number of hydrogen-bond acceptors (Lipinski definition) is 1. The van der Waals surface area contributed by atoms with E-state index in [4.69, 9.17) is 0 Å². The predicted octanol–water partition coefficient (Wildman–Crippen LogP) is 5.55. The van der Waals surface area contributed by atoms with Gasteiger partial charge in [0.1, 0.15) is 5.75 Å². The van der Waals surface area contributed by atoms with Crippen molar-refractivity contribution in [1.82, 2.24) is 0 Å². The van der Waals surface area contributed by atoms with E-state index in [1.54, 1.807) is 0 Å². The van der Waals surface area contributed by atoms with Gasteiger partial charge in [-0.15, -0.1) is 0 Å². The Morgan fingerprint density at radius 1 is 1.06 bits per heavy atom. The van der Waals surface area contributed by atoms with E-state index in [0.717, 1.165) is 11.1 Å². The second-order valence-corrected chi connectivity index (χ2v) is 5.47. The summed E-state index contributed by atoms with van der Waals surface area (Å²) in [5.74, 6) is 0.965. The van der Waals surface area contributed by atoms with Crippen LogP contribution in [0.2, 0.25) is 0 Å². The number of hydrogen-bond donors (Lipinski definition) is 1. The van der Waals surface area contributed by atoms with E-state index in [-0.39, 0.29) is 0 Å². The topological polar surface area (TPSA) is 20.2 Å². The molecule has 1 heteroatoms. The van der Waals surface area contributed by atoms with Crippen molar-refractivity contribution in [2.75, 3.05) is 0 Å². The van der Waals surface area contributed by atoms with E-state index in [2.05, 4.69) is 19.9 Å². The quantitative estimate of drug-likeness (QED) is 0.597. The molecule has 102 valence electrons. The average Bonchev–Trinajstić information content (AvgIpc) is 2.36. The minimum absolute atomic E-state index is 0.469. The standard InChI is InChI=1S/C17H28O/c1-4-5-6-7-8-9-11-14(2)16-13-10-12-15(3)17(16)18/h10,12-14,18H,4-9,11H2,1-3H3. The van der Waals surface area contributed by atoms with Gasteiger partial charge in [-0.2, -0.15) is 0 Å². The molecule has 0 amide bonds. The van der Waals surface area contributed by atoms with Gasteiger partial charge in [-0.25, -0.2) is 0 Å². The highest BCUT2D eigenvalue weighted by atomic mass is 16.3. The number of unbranched alkanes of at least 4 members (excludes halogenated alkanes) is 5. The van der Waals surface area contributed by atoms with E-state index in [0.29, 0.717) is 11.7 Å². The Labute approximate surface area is 112 Å². The lowest BCUT2D eigenvalue weighted by molar-refractivity contribution is 0.453. The molecular weight excluding hydrogens is 220 g/mol. The molecular formula is C17H28O. The van der Waals surface area contributed by atoms with Crippen LogP contribution in [0.15, 0.2) is 18.2 Å². The van der Waals surface area contributed by atoms with Crippen molar-refractivity contribution in [3.8, 4) is 5.75 Å². The Hall–Kier alpha value is -0.980. The summed E-state index contributed by atoms with van der Waals surface area (Å²) in [7, 11) is 0. The van der Waals surface area contributed by atoms with Gasteiger partial charge in [-0.05, 0) is 30.4 Å². The maximum Gasteiger partial charge on any atom is 0.121 e. The van der Waals surface area contributed by atoms with Crippen molar-refractivity contribution in [2.24, 2.45) is 0 Å². The Bertz CT molecular complexity index is 343. The van der Waals surface area contributed by atoms with Crippen molar-refractivity contribution < 1.29 is 5.11 Å². The zero-order valence-electron chi connectivity index (χ0n) is 12.2. The molecule has 0 spiro atoms. The smallest absolute Gasteiger partial charge is 0.121 e. The van der Waals surface area contributed by atoms with E-state index in [1.165, 1.54) is 44.9 Å². The lowest BCUT2D eigenvalue weighted by Gasteiger charge is -2.14. The number of phenols is 1. The zero-order chi connectivity index (χ0) is 13.4. The van der Waals surface area contributed by atoms with E-state index >= 15 is 0 Å². The van der Waals surface area contributed by atoms with Crippen molar-refractivity contribution in [2.45, 2.75) is 71.6 Å². The molecule has 0 aliphatic carbocycles. The molecule has 1 aromatic carbocycles. The molecule has 1 N–H and O–H groups in total. The second-order valence-electron chi connectivity index (χ2n) is 5.47. The van der Waals surface area contributed by atoms with Crippen LogP contribution in [0.4, 0.5) is 0 Å². The van der Waals surface area contributed by atoms with E-state index in [9.17, 15) is 5.11 Å². The second kappa shape index (κ2) is 8.18. The van der Waals surface area contributed by atoms with Crippen LogP contribution in [-0.2, 0) is 0 Å². The zero-order valence-corrected chi connectivity index (χ0v) is 12.2. The van der Waals surface area contributed by atoms with Crippen molar-refractivity contribution >= 4 is 0 Å². The normalized spacial score (nSPS) is 12.6. The van der Waals surface area contributed by atoms with Crippen molar-refractivity contribution in [1.29, 1.82) is 0 Å². The van der Waals surface area contributed by atoms with Gasteiger partial charge in [0.2, 0.25) is 0 Å². The third kappa shape index (κ3) is 4.72. The van der Waals surface area contributed by atoms with E-state index in [1.807, 2.05) is 19.1 Å². The molecule has 0 aliphatic rings. The Morgan fingerprint density at radius 2 is 1.72 bits per heavy atom. The van der Waals surface area contributed by atoms with Crippen LogP contribution < -0.4 is 0 Å². The number of benzene rings is 1. The number of phenolic OH excluding ortho intramolecular Hbond substituents is 1. The average molecular weight is 248 g/mol. The van der Waals surface area contributed by atoms with Gasteiger partial charge >= 0.3 is 0 Å². The fourth-order valence-electron chi connectivity index (χ4n) is 2.47. The number of rotatable bonds is 8. The van der Waals surface area contributed by atoms with Gasteiger partial charge < -0.3 is 5.11 Å². The minimum atomic E-state index is 0.469. The summed E-state index contributed by atoms with van der Waals surface area (Å²) in [6.07, 6.45) is 9.21. The van der Waals surface area contributed by atoms with Gasteiger partial charge in [-0.3, -0.25) is 0 Å². The highest BCUT2D eigenvalue weighted by molar-refractivity contribution is 5.41. The number of para-hydroxylation sites is 1. The fourth-order valence-corrected chi connectivity index (χ4v) is 2.47. The van der Waals surface area contributed by atoms with Crippen LogP contribution >= 0.6 is 0 Å². The maximum absolute atomic E-state index is 10.0. The fraction of sp³-hybridized carbons (Fsp3) is 0.647. The first-order valence-corrected chi connectivity index (χ1v) is 7.45. The molecule has 1 rings (SSSR count). The summed E-state index contributed by atoms with van der Waals surface area (Å²) in [4.78, 5) is 0. The summed E-state index contributed by atoms with van der Waals surface area (Å²) in [6, 6.07) is 6.07. The van der Waals surface area contributed by atoms with Crippen LogP contribution in [0.5, 0.6) is 5.75 Å². The van der Waals surface area contributed by atoms with Crippen LogP contribution in [0.1, 0.15) is 75.8 Å². The highest BCUT2D eigenvalue weighted by Gasteiger charge is 2.11. The van der Waals surface area contributed by atoms with E-state index < -0.39 is 0 Å². The Morgan fingerprint density at radius 3 is 2.44 bits per heavy atom. The van der Waals surface area contributed by atoms with Gasteiger partial charge in [0.15, 0.2) is 0 Å². The van der Waals surface area contributed by atoms with Crippen molar-refractivity contribution in [3.05, 3.63) is 29.3 Å². The first-order chi connectivity index (χ1) is 8.66. The monoisotopic (exact) mass is 248 g/mol. The molecule has 0 heterocycles. The van der Waals surface area contributed by atoms with Gasteiger partial charge in [0.25, 0.3) is 0 Å². The molecule has 0 bridgehead atoms. The van der Waals surface area contributed by atoms with Gasteiger partial charge in [0.05, 0.1) is 0 Å². The molecule has 1 unspecified atom stereocenters. The maximum atomic E-state index is 10.0. The van der Waals surface area contributed by atoms with Gasteiger partial charge in [-0.1, -0.05) is 70.6 Å². The first kappa shape index (κ1) is 15.1. The van der Waals surface area contributed by atoms with Crippen LogP contribution in [0, 0.1) is 6.92 Å².